The summed E-state index contributed by atoms with van der Waals surface area (Å²) in [5.41, 5.74) is 8.73. The summed E-state index contributed by atoms with van der Waals surface area (Å²) in [6.07, 6.45) is 2.89. The summed E-state index contributed by atoms with van der Waals surface area (Å²) in [5, 5.41) is 0. The van der Waals surface area contributed by atoms with Crippen molar-refractivity contribution in [2.75, 3.05) is 0 Å². The Morgan fingerprint density at radius 3 is 2.29 bits per heavy atom. The van der Waals surface area contributed by atoms with E-state index in [0.717, 1.165) is 24.8 Å². The Morgan fingerprint density at radius 1 is 0.708 bits per heavy atom. The summed E-state index contributed by atoms with van der Waals surface area (Å²) in [5.74, 6) is 0.293. The largest absolute Gasteiger partial charge is 0.293 e. The van der Waals surface area contributed by atoms with Crippen LogP contribution in [0.25, 0.3) is 11.1 Å². The molecule has 1 heteroatoms. The zero-order valence-corrected chi connectivity index (χ0v) is 13.5. The molecule has 5 rings (SSSR count). The van der Waals surface area contributed by atoms with E-state index in [-0.39, 0.29) is 11.7 Å². The Kier molecular flexibility index (Phi) is 2.96. The summed E-state index contributed by atoms with van der Waals surface area (Å²) in [7, 11) is 0. The summed E-state index contributed by atoms with van der Waals surface area (Å²) < 4.78 is 0. The van der Waals surface area contributed by atoms with E-state index >= 15 is 0 Å². The molecule has 1 unspecified atom stereocenters. The molecule has 0 bridgehead atoms. The molecule has 0 heterocycles. The number of ketones is 1. The second-order valence-electron chi connectivity index (χ2n) is 6.86. The summed E-state index contributed by atoms with van der Waals surface area (Å²) in [4.78, 5) is 12.9. The van der Waals surface area contributed by atoms with Crippen LogP contribution in [0.15, 0.2) is 66.7 Å². The summed E-state index contributed by atoms with van der Waals surface area (Å²) in [6.45, 7) is 0. The van der Waals surface area contributed by atoms with E-state index in [4.69, 9.17) is 0 Å². The van der Waals surface area contributed by atoms with E-state index in [1.807, 2.05) is 18.2 Å². The van der Waals surface area contributed by atoms with Gasteiger partial charge in [0.2, 0.25) is 0 Å². The normalized spacial score (nSPS) is 18.0. The maximum Gasteiger partial charge on any atom is 0.170 e. The van der Waals surface area contributed by atoms with Crippen molar-refractivity contribution in [2.45, 2.75) is 25.2 Å². The topological polar surface area (TPSA) is 17.1 Å². The first-order chi connectivity index (χ1) is 11.8. The molecule has 1 nitrogen and oxygen atoms in total. The predicted molar refractivity (Wildman–Crippen MR) is 96.5 cm³/mol. The number of aryl methyl sites for hydroxylation is 1. The highest BCUT2D eigenvalue weighted by molar-refractivity contribution is 6.03. The zero-order valence-electron chi connectivity index (χ0n) is 13.5. The SMILES string of the molecule is O=C1c2ccccc2CCC1c1ccc2c(c1)Cc1ccccc1-2. The lowest BCUT2D eigenvalue weighted by Gasteiger charge is -2.24. The third kappa shape index (κ3) is 1.98. The zero-order chi connectivity index (χ0) is 16.1. The van der Waals surface area contributed by atoms with Crippen molar-refractivity contribution in [3.63, 3.8) is 0 Å². The average Bonchev–Trinajstić information content (AvgIpc) is 3.00. The second-order valence-corrected chi connectivity index (χ2v) is 6.86. The van der Waals surface area contributed by atoms with Crippen LogP contribution in [-0.2, 0) is 12.8 Å². The Labute approximate surface area is 142 Å². The van der Waals surface area contributed by atoms with Crippen LogP contribution in [0, 0.1) is 0 Å². The van der Waals surface area contributed by atoms with Crippen LogP contribution in [-0.4, -0.2) is 5.78 Å². The van der Waals surface area contributed by atoms with Gasteiger partial charge >= 0.3 is 0 Å². The molecule has 0 spiro atoms. The van der Waals surface area contributed by atoms with E-state index in [1.165, 1.54) is 33.4 Å². The number of rotatable bonds is 1. The third-order valence-electron chi connectivity index (χ3n) is 5.52. The van der Waals surface area contributed by atoms with Gasteiger partial charge in [0.1, 0.15) is 0 Å². The van der Waals surface area contributed by atoms with Gasteiger partial charge in [-0.25, -0.2) is 0 Å². The molecule has 0 aromatic heterocycles. The van der Waals surface area contributed by atoms with Gasteiger partial charge in [-0.15, -0.1) is 0 Å². The first-order valence-electron chi connectivity index (χ1n) is 8.64. The van der Waals surface area contributed by atoms with Gasteiger partial charge in [0.25, 0.3) is 0 Å². The van der Waals surface area contributed by atoms with Crippen molar-refractivity contribution in [1.82, 2.24) is 0 Å². The van der Waals surface area contributed by atoms with Crippen LogP contribution in [0.3, 0.4) is 0 Å². The molecule has 116 valence electrons. The van der Waals surface area contributed by atoms with E-state index in [1.54, 1.807) is 0 Å². The van der Waals surface area contributed by atoms with Gasteiger partial charge in [0.15, 0.2) is 5.78 Å². The molecule has 2 aliphatic rings. The average molecular weight is 310 g/mol. The predicted octanol–water partition coefficient (Wildman–Crippen LogP) is 5.17. The molecule has 0 aliphatic heterocycles. The van der Waals surface area contributed by atoms with Crippen LogP contribution in [0.1, 0.15) is 45.0 Å². The van der Waals surface area contributed by atoms with Crippen molar-refractivity contribution < 1.29 is 4.79 Å². The number of benzene rings is 3. The second kappa shape index (κ2) is 5.17. The van der Waals surface area contributed by atoms with E-state index in [0.29, 0.717) is 0 Å². The van der Waals surface area contributed by atoms with Crippen LogP contribution in [0.5, 0.6) is 0 Å². The van der Waals surface area contributed by atoms with Crippen molar-refractivity contribution in [2.24, 2.45) is 0 Å². The van der Waals surface area contributed by atoms with E-state index in [2.05, 4.69) is 48.5 Å². The molecule has 0 radical (unpaired) electrons. The lowest BCUT2D eigenvalue weighted by molar-refractivity contribution is 0.0946. The Bertz CT molecular complexity index is 967. The molecule has 3 aromatic carbocycles. The van der Waals surface area contributed by atoms with Gasteiger partial charge < -0.3 is 0 Å². The number of hydrogen-bond acceptors (Lipinski definition) is 1. The minimum atomic E-state index is 0.00825. The number of hydrogen-bond donors (Lipinski definition) is 0. The fraction of sp³-hybridized carbons (Fsp3) is 0.174. The van der Waals surface area contributed by atoms with Crippen molar-refractivity contribution in [3.8, 4) is 11.1 Å². The van der Waals surface area contributed by atoms with Crippen molar-refractivity contribution in [1.29, 1.82) is 0 Å². The van der Waals surface area contributed by atoms with Gasteiger partial charge in [-0.2, -0.15) is 0 Å². The highest BCUT2D eigenvalue weighted by Crippen LogP contribution is 2.40. The van der Waals surface area contributed by atoms with Crippen LogP contribution < -0.4 is 0 Å². The van der Waals surface area contributed by atoms with Crippen LogP contribution in [0.4, 0.5) is 0 Å². The van der Waals surface area contributed by atoms with Gasteiger partial charge in [0.05, 0.1) is 0 Å². The highest BCUT2D eigenvalue weighted by Gasteiger charge is 2.29. The van der Waals surface area contributed by atoms with Crippen LogP contribution in [0.2, 0.25) is 0 Å². The fourth-order valence-electron chi connectivity index (χ4n) is 4.30. The Hall–Kier alpha value is -2.67. The van der Waals surface area contributed by atoms with Gasteiger partial charge in [-0.3, -0.25) is 4.79 Å². The summed E-state index contributed by atoms with van der Waals surface area (Å²) in [6, 6.07) is 23.3. The summed E-state index contributed by atoms with van der Waals surface area (Å²) >= 11 is 0. The molecular formula is C23H18O. The number of fused-ring (bicyclic) bond motifs is 4. The number of carbonyl (C=O) groups is 1. The molecule has 0 saturated carbocycles. The molecule has 0 saturated heterocycles. The fourth-order valence-corrected chi connectivity index (χ4v) is 4.30. The smallest absolute Gasteiger partial charge is 0.170 e. The monoisotopic (exact) mass is 310 g/mol. The number of Topliss-reactive ketones (excluding diaryl/α,β-unsaturated/α-hetero) is 1. The first-order valence-corrected chi connectivity index (χ1v) is 8.64. The van der Waals surface area contributed by atoms with Gasteiger partial charge in [-0.1, -0.05) is 66.7 Å². The van der Waals surface area contributed by atoms with Crippen LogP contribution >= 0.6 is 0 Å². The van der Waals surface area contributed by atoms with Gasteiger partial charge in [-0.05, 0) is 52.6 Å². The molecular weight excluding hydrogens is 292 g/mol. The highest BCUT2D eigenvalue weighted by atomic mass is 16.1. The maximum atomic E-state index is 12.9. The molecule has 1 atom stereocenters. The Morgan fingerprint density at radius 2 is 1.42 bits per heavy atom. The van der Waals surface area contributed by atoms with E-state index in [9.17, 15) is 4.79 Å². The standard InChI is InChI=1S/C23H18O/c24-23-21-8-4-1-5-15(21)9-12-22(23)17-10-11-20-18(14-17)13-16-6-2-3-7-19(16)20/h1-8,10-11,14,22H,9,12-13H2. The minimum absolute atomic E-state index is 0.00825. The van der Waals surface area contributed by atoms with E-state index < -0.39 is 0 Å². The van der Waals surface area contributed by atoms with Crippen molar-refractivity contribution >= 4 is 5.78 Å². The lowest BCUT2D eigenvalue weighted by Crippen LogP contribution is -2.20. The maximum absolute atomic E-state index is 12.9. The third-order valence-corrected chi connectivity index (χ3v) is 5.52. The molecule has 2 aliphatic carbocycles. The first kappa shape index (κ1) is 13.7. The van der Waals surface area contributed by atoms with Crippen molar-refractivity contribution in [3.05, 3.63) is 94.5 Å². The molecule has 0 N–H and O–H groups in total. The Balaban J connectivity index is 1.54. The number of carbonyl (C=O) groups excluding carboxylic acids is 1. The molecule has 24 heavy (non-hydrogen) atoms. The molecule has 0 amide bonds. The molecule has 3 aromatic rings. The lowest BCUT2D eigenvalue weighted by atomic mass is 9.78. The van der Waals surface area contributed by atoms with Gasteiger partial charge in [0, 0.05) is 11.5 Å². The molecule has 0 fully saturated rings. The minimum Gasteiger partial charge on any atom is -0.293 e. The quantitative estimate of drug-likeness (QED) is 0.474.